The molecule has 1 unspecified atom stereocenters. The van der Waals surface area contributed by atoms with E-state index in [1.807, 2.05) is 18.2 Å². The van der Waals surface area contributed by atoms with E-state index in [4.69, 9.17) is 10.6 Å². The van der Waals surface area contributed by atoms with Crippen LogP contribution in [0.15, 0.2) is 24.3 Å². The summed E-state index contributed by atoms with van der Waals surface area (Å²) >= 11 is 0. The van der Waals surface area contributed by atoms with Gasteiger partial charge in [-0.1, -0.05) is 12.1 Å². The number of hydrogen-bond acceptors (Lipinski definition) is 4. The van der Waals surface area contributed by atoms with Gasteiger partial charge in [-0.15, -0.1) is 0 Å². The molecule has 2 rings (SSSR count). The molecule has 1 aliphatic rings. The van der Waals surface area contributed by atoms with Gasteiger partial charge in [-0.3, -0.25) is 15.1 Å². The lowest BCUT2D eigenvalue weighted by Crippen LogP contribution is -2.40. The Kier molecular flexibility index (Phi) is 4.30. The van der Waals surface area contributed by atoms with E-state index < -0.39 is 0 Å². The summed E-state index contributed by atoms with van der Waals surface area (Å²) < 4.78 is 5.50. The number of carbonyl (C=O) groups excluding carboxylic acids is 1. The van der Waals surface area contributed by atoms with Crippen LogP contribution >= 0.6 is 0 Å². The molecule has 1 heterocycles. The number of nitrogens with zero attached hydrogens (tertiary/aromatic N) is 1. The quantitative estimate of drug-likeness (QED) is 0.465. The van der Waals surface area contributed by atoms with Crippen LogP contribution in [-0.4, -0.2) is 36.6 Å². The Hall–Kier alpha value is -1.43. The minimum atomic E-state index is -0.257. The van der Waals surface area contributed by atoms with Gasteiger partial charge in [-0.25, -0.2) is 5.84 Å². The van der Waals surface area contributed by atoms with Gasteiger partial charge in [-0.05, 0) is 24.6 Å². The Labute approximate surface area is 107 Å². The normalized spacial score (nSPS) is 20.7. The summed E-state index contributed by atoms with van der Waals surface area (Å²) in [4.78, 5) is 13.8. The first-order valence-electron chi connectivity index (χ1n) is 6.13. The van der Waals surface area contributed by atoms with Crippen LogP contribution in [0, 0.1) is 0 Å². The van der Waals surface area contributed by atoms with Crippen molar-refractivity contribution in [2.45, 2.75) is 19.6 Å². The number of morpholine rings is 1. The van der Waals surface area contributed by atoms with Crippen molar-refractivity contribution < 1.29 is 9.53 Å². The summed E-state index contributed by atoms with van der Waals surface area (Å²) in [5.74, 6) is 4.87. The van der Waals surface area contributed by atoms with E-state index in [1.165, 1.54) is 0 Å². The highest BCUT2D eigenvalue weighted by atomic mass is 16.5. The van der Waals surface area contributed by atoms with Crippen molar-refractivity contribution in [3.8, 4) is 0 Å². The van der Waals surface area contributed by atoms with Crippen LogP contribution in [-0.2, 0) is 11.3 Å². The van der Waals surface area contributed by atoms with Gasteiger partial charge in [0.1, 0.15) is 0 Å². The molecule has 0 spiro atoms. The Balaban J connectivity index is 2.02. The number of nitrogens with one attached hydrogen (secondary N) is 1. The Morgan fingerprint density at radius 1 is 1.61 bits per heavy atom. The zero-order valence-electron chi connectivity index (χ0n) is 10.6. The maximum atomic E-state index is 11.4. The van der Waals surface area contributed by atoms with Crippen LogP contribution in [0.4, 0.5) is 0 Å². The molecule has 0 aromatic heterocycles. The average Bonchev–Trinajstić information content (AvgIpc) is 2.38. The maximum Gasteiger partial charge on any atom is 0.265 e. The molecule has 1 aromatic rings. The van der Waals surface area contributed by atoms with Crippen molar-refractivity contribution >= 4 is 5.91 Å². The first-order valence-corrected chi connectivity index (χ1v) is 6.13. The summed E-state index contributed by atoms with van der Waals surface area (Å²) in [5, 5.41) is 0. The van der Waals surface area contributed by atoms with Crippen LogP contribution in [0.3, 0.4) is 0 Å². The average molecular weight is 249 g/mol. The highest BCUT2D eigenvalue weighted by Gasteiger charge is 2.16. The largest absolute Gasteiger partial charge is 0.376 e. The third-order valence-corrected chi connectivity index (χ3v) is 3.05. The minimum Gasteiger partial charge on any atom is -0.376 e. The molecule has 0 saturated carbocycles. The third-order valence-electron chi connectivity index (χ3n) is 3.05. The van der Waals surface area contributed by atoms with E-state index in [9.17, 15) is 4.79 Å². The van der Waals surface area contributed by atoms with Crippen molar-refractivity contribution in [3.63, 3.8) is 0 Å². The molecule has 0 radical (unpaired) electrons. The number of rotatable bonds is 3. The van der Waals surface area contributed by atoms with Gasteiger partial charge in [0.05, 0.1) is 12.7 Å². The Bertz CT molecular complexity index is 422. The fourth-order valence-electron chi connectivity index (χ4n) is 2.19. The standard InChI is InChI=1S/C13H19N3O2/c1-10-8-16(5-6-18-10)9-11-3-2-4-12(7-11)13(17)15-14/h2-4,7,10H,5-6,8-9,14H2,1H3,(H,15,17). The van der Waals surface area contributed by atoms with E-state index in [1.54, 1.807) is 6.07 Å². The number of hydrogen-bond donors (Lipinski definition) is 2. The summed E-state index contributed by atoms with van der Waals surface area (Å²) in [6.07, 6.45) is 0.272. The SMILES string of the molecule is CC1CN(Cc2cccc(C(=O)NN)c2)CCO1. The lowest BCUT2D eigenvalue weighted by Gasteiger charge is -2.31. The topological polar surface area (TPSA) is 67.6 Å². The molecule has 5 nitrogen and oxygen atoms in total. The monoisotopic (exact) mass is 249 g/mol. The molecular weight excluding hydrogens is 230 g/mol. The molecule has 1 saturated heterocycles. The smallest absolute Gasteiger partial charge is 0.265 e. The van der Waals surface area contributed by atoms with Crippen molar-refractivity contribution in [2.75, 3.05) is 19.7 Å². The number of benzene rings is 1. The van der Waals surface area contributed by atoms with Crippen LogP contribution in [0.2, 0.25) is 0 Å². The number of carbonyl (C=O) groups is 1. The molecular formula is C13H19N3O2. The van der Waals surface area contributed by atoms with Crippen molar-refractivity contribution in [2.24, 2.45) is 5.84 Å². The molecule has 1 atom stereocenters. The minimum absolute atomic E-state index is 0.257. The molecule has 1 aromatic carbocycles. The van der Waals surface area contributed by atoms with Crippen molar-refractivity contribution in [1.82, 2.24) is 10.3 Å². The number of ether oxygens (including phenoxy) is 1. The van der Waals surface area contributed by atoms with E-state index in [-0.39, 0.29) is 12.0 Å². The second kappa shape index (κ2) is 5.95. The maximum absolute atomic E-state index is 11.4. The molecule has 3 N–H and O–H groups in total. The van der Waals surface area contributed by atoms with Gasteiger partial charge in [-0.2, -0.15) is 0 Å². The van der Waals surface area contributed by atoms with Crippen LogP contribution in [0.5, 0.6) is 0 Å². The van der Waals surface area contributed by atoms with Gasteiger partial charge in [0, 0.05) is 25.2 Å². The van der Waals surface area contributed by atoms with Crippen molar-refractivity contribution in [1.29, 1.82) is 0 Å². The lowest BCUT2D eigenvalue weighted by atomic mass is 10.1. The summed E-state index contributed by atoms with van der Waals surface area (Å²) in [7, 11) is 0. The molecule has 1 aliphatic heterocycles. The predicted octanol–water partition coefficient (Wildman–Crippen LogP) is 0.511. The van der Waals surface area contributed by atoms with Crippen LogP contribution in [0.1, 0.15) is 22.8 Å². The molecule has 0 bridgehead atoms. The molecule has 1 amide bonds. The second-order valence-electron chi connectivity index (χ2n) is 4.59. The summed E-state index contributed by atoms with van der Waals surface area (Å²) in [6, 6.07) is 7.53. The highest BCUT2D eigenvalue weighted by molar-refractivity contribution is 5.93. The van der Waals surface area contributed by atoms with E-state index in [0.717, 1.165) is 31.8 Å². The zero-order valence-corrected chi connectivity index (χ0v) is 10.6. The number of nitrogen functional groups attached to an aromatic ring is 1. The highest BCUT2D eigenvalue weighted by Crippen LogP contribution is 2.12. The van der Waals surface area contributed by atoms with Crippen molar-refractivity contribution in [3.05, 3.63) is 35.4 Å². The second-order valence-corrected chi connectivity index (χ2v) is 4.59. The number of hydrazine groups is 1. The van der Waals surface area contributed by atoms with Gasteiger partial charge < -0.3 is 4.74 Å². The summed E-state index contributed by atoms with van der Waals surface area (Å²) in [5.41, 5.74) is 3.86. The Morgan fingerprint density at radius 2 is 2.44 bits per heavy atom. The molecule has 18 heavy (non-hydrogen) atoms. The fraction of sp³-hybridized carbons (Fsp3) is 0.462. The third kappa shape index (κ3) is 3.29. The first kappa shape index (κ1) is 13.0. The van der Waals surface area contributed by atoms with Gasteiger partial charge >= 0.3 is 0 Å². The summed E-state index contributed by atoms with van der Waals surface area (Å²) in [6.45, 7) is 5.53. The number of amides is 1. The Morgan fingerprint density at radius 3 is 3.17 bits per heavy atom. The fourth-order valence-corrected chi connectivity index (χ4v) is 2.19. The van der Waals surface area contributed by atoms with E-state index >= 15 is 0 Å². The lowest BCUT2D eigenvalue weighted by molar-refractivity contribution is -0.0212. The van der Waals surface area contributed by atoms with Gasteiger partial charge in [0.25, 0.3) is 5.91 Å². The van der Waals surface area contributed by atoms with E-state index in [0.29, 0.717) is 5.56 Å². The predicted molar refractivity (Wildman–Crippen MR) is 68.8 cm³/mol. The molecule has 0 aliphatic carbocycles. The first-order chi connectivity index (χ1) is 8.69. The zero-order chi connectivity index (χ0) is 13.0. The molecule has 5 heteroatoms. The van der Waals surface area contributed by atoms with E-state index in [2.05, 4.69) is 17.2 Å². The van der Waals surface area contributed by atoms with Crippen LogP contribution < -0.4 is 11.3 Å². The molecule has 1 fully saturated rings. The van der Waals surface area contributed by atoms with Gasteiger partial charge in [0.15, 0.2) is 0 Å². The molecule has 98 valence electrons. The number of nitrogens with two attached hydrogens (primary N) is 1. The van der Waals surface area contributed by atoms with Gasteiger partial charge in [0.2, 0.25) is 0 Å². The van der Waals surface area contributed by atoms with Crippen LogP contribution in [0.25, 0.3) is 0 Å².